The van der Waals surface area contributed by atoms with Gasteiger partial charge < -0.3 is 15.5 Å². The summed E-state index contributed by atoms with van der Waals surface area (Å²) in [7, 11) is 0. The van der Waals surface area contributed by atoms with Gasteiger partial charge >= 0.3 is 0 Å². The van der Waals surface area contributed by atoms with Crippen LogP contribution >= 0.6 is 11.8 Å². The Bertz CT molecular complexity index is 863. The van der Waals surface area contributed by atoms with E-state index in [2.05, 4.69) is 15.0 Å². The van der Waals surface area contributed by atoms with E-state index in [4.69, 9.17) is 10.5 Å². The molecule has 0 saturated heterocycles. The highest BCUT2D eigenvalue weighted by atomic mass is 32.2. The predicted molar refractivity (Wildman–Crippen MR) is 82.9 cm³/mol. The zero-order valence-corrected chi connectivity index (χ0v) is 12.0. The van der Waals surface area contributed by atoms with Crippen molar-refractivity contribution in [1.29, 1.82) is 0 Å². The number of hydrogen-bond acceptors (Lipinski definition) is 6. The number of nitrogens with zero attached hydrogens (tertiary/aromatic N) is 2. The molecule has 3 N–H and O–H groups in total. The number of fused-ring (bicyclic) bond motifs is 1. The molecule has 0 saturated carbocycles. The van der Waals surface area contributed by atoms with Crippen LogP contribution in [0.2, 0.25) is 0 Å². The molecule has 0 aliphatic carbocycles. The number of aromatic nitrogens is 3. The number of benzene rings is 1. The van der Waals surface area contributed by atoms with Crippen molar-refractivity contribution < 1.29 is 4.74 Å². The molecule has 0 aliphatic heterocycles. The van der Waals surface area contributed by atoms with E-state index >= 15 is 0 Å². The highest BCUT2D eigenvalue weighted by Gasteiger charge is 2.09. The van der Waals surface area contributed by atoms with Crippen LogP contribution in [0.4, 0.5) is 5.69 Å². The molecule has 0 spiro atoms. The van der Waals surface area contributed by atoms with Gasteiger partial charge in [-0.15, -0.1) is 11.8 Å². The molecule has 2 heterocycles. The minimum Gasteiger partial charge on any atom is -0.454 e. The van der Waals surface area contributed by atoms with Gasteiger partial charge in [-0.2, -0.15) is 0 Å². The molecule has 0 unspecified atom stereocenters. The number of ether oxygens (including phenoxy) is 1. The Balaban J connectivity index is 2.08. The fourth-order valence-corrected chi connectivity index (χ4v) is 2.46. The number of nitrogens with one attached hydrogen (secondary N) is 1. The number of anilines is 1. The minimum atomic E-state index is -0.301. The topological polar surface area (TPSA) is 93.9 Å². The first-order chi connectivity index (χ1) is 10.2. The molecule has 1 aromatic carbocycles. The lowest BCUT2D eigenvalue weighted by Gasteiger charge is -2.11. The summed E-state index contributed by atoms with van der Waals surface area (Å²) < 4.78 is 5.91. The van der Waals surface area contributed by atoms with Crippen LogP contribution in [0.25, 0.3) is 11.2 Å². The van der Waals surface area contributed by atoms with Gasteiger partial charge in [0.1, 0.15) is 11.3 Å². The van der Waals surface area contributed by atoms with Crippen molar-refractivity contribution in [1.82, 2.24) is 15.0 Å². The van der Waals surface area contributed by atoms with Crippen LogP contribution in [0.5, 0.6) is 11.5 Å². The van der Waals surface area contributed by atoms with E-state index in [1.54, 1.807) is 24.4 Å². The first kappa shape index (κ1) is 13.4. The van der Waals surface area contributed by atoms with Crippen LogP contribution in [-0.4, -0.2) is 21.2 Å². The predicted octanol–water partition coefficient (Wildman–Crippen LogP) is 2.41. The van der Waals surface area contributed by atoms with Crippen LogP contribution in [0.3, 0.4) is 0 Å². The second-order valence-corrected chi connectivity index (χ2v) is 5.11. The number of pyridine rings is 1. The van der Waals surface area contributed by atoms with E-state index in [0.717, 1.165) is 4.90 Å². The third-order valence-electron chi connectivity index (χ3n) is 2.85. The van der Waals surface area contributed by atoms with Gasteiger partial charge in [-0.3, -0.25) is 4.79 Å². The zero-order chi connectivity index (χ0) is 14.8. The van der Waals surface area contributed by atoms with E-state index < -0.39 is 0 Å². The average Bonchev–Trinajstić information content (AvgIpc) is 2.49. The molecule has 7 heteroatoms. The molecule has 2 aromatic heterocycles. The molecule has 0 fully saturated rings. The van der Waals surface area contributed by atoms with Crippen LogP contribution in [0.15, 0.2) is 46.3 Å². The Morgan fingerprint density at radius 3 is 2.90 bits per heavy atom. The number of aromatic amines is 1. The van der Waals surface area contributed by atoms with Crippen molar-refractivity contribution in [3.05, 3.63) is 47.0 Å². The highest BCUT2D eigenvalue weighted by molar-refractivity contribution is 7.98. The van der Waals surface area contributed by atoms with Gasteiger partial charge in [-0.1, -0.05) is 0 Å². The van der Waals surface area contributed by atoms with Crippen molar-refractivity contribution in [3.63, 3.8) is 0 Å². The molecular formula is C14H12N4O2S. The largest absolute Gasteiger partial charge is 0.454 e. The van der Waals surface area contributed by atoms with Crippen molar-refractivity contribution in [2.75, 3.05) is 12.0 Å². The van der Waals surface area contributed by atoms with Gasteiger partial charge in [-0.25, -0.2) is 9.97 Å². The normalized spacial score (nSPS) is 10.7. The van der Waals surface area contributed by atoms with Crippen molar-refractivity contribution >= 4 is 28.6 Å². The number of H-pyrrole nitrogens is 1. The van der Waals surface area contributed by atoms with Crippen LogP contribution in [0, 0.1) is 0 Å². The fraction of sp³-hybridized carbons (Fsp3) is 0.0714. The standard InChI is InChI=1S/C14H12N4O2S/c1-21-11-6-8(15)2-3-9(11)20-10-4-5-16-14-13(10)17-7-12(19)18-14/h2-7H,15H2,1H3,(H,16,18,19). The number of hydrogen-bond donors (Lipinski definition) is 2. The summed E-state index contributed by atoms with van der Waals surface area (Å²) in [5, 5.41) is 0. The molecule has 0 bridgehead atoms. The van der Waals surface area contributed by atoms with E-state index in [0.29, 0.717) is 28.4 Å². The molecule has 3 aromatic rings. The van der Waals surface area contributed by atoms with Crippen LogP contribution in [-0.2, 0) is 0 Å². The van der Waals surface area contributed by atoms with Crippen molar-refractivity contribution in [2.45, 2.75) is 4.90 Å². The number of thioether (sulfide) groups is 1. The number of rotatable bonds is 3. The highest BCUT2D eigenvalue weighted by Crippen LogP contribution is 2.34. The first-order valence-corrected chi connectivity index (χ1v) is 7.35. The molecule has 0 amide bonds. The summed E-state index contributed by atoms with van der Waals surface area (Å²) in [5.74, 6) is 1.20. The van der Waals surface area contributed by atoms with Gasteiger partial charge in [-0.05, 0) is 24.5 Å². The maximum Gasteiger partial charge on any atom is 0.268 e. The van der Waals surface area contributed by atoms with Gasteiger partial charge in [0.15, 0.2) is 11.4 Å². The lowest BCUT2D eigenvalue weighted by atomic mass is 10.3. The third kappa shape index (κ3) is 2.68. The monoisotopic (exact) mass is 300 g/mol. The Hall–Kier alpha value is -2.54. The SMILES string of the molecule is CSc1cc(N)ccc1Oc1ccnc2[nH]c(=O)cnc12. The van der Waals surface area contributed by atoms with E-state index in [9.17, 15) is 4.79 Å². The summed E-state index contributed by atoms with van der Waals surface area (Å²) in [6.07, 6.45) is 4.71. The summed E-state index contributed by atoms with van der Waals surface area (Å²) in [6.45, 7) is 0. The summed E-state index contributed by atoms with van der Waals surface area (Å²) in [4.78, 5) is 23.0. The number of nitrogens with two attached hydrogens (primary N) is 1. The quantitative estimate of drug-likeness (QED) is 0.570. The van der Waals surface area contributed by atoms with E-state index in [1.807, 2.05) is 12.3 Å². The maximum absolute atomic E-state index is 11.3. The molecule has 6 nitrogen and oxygen atoms in total. The molecule has 3 rings (SSSR count). The van der Waals surface area contributed by atoms with Gasteiger partial charge in [0, 0.05) is 18.0 Å². The molecule has 0 aliphatic rings. The summed E-state index contributed by atoms with van der Waals surface area (Å²) >= 11 is 1.54. The van der Waals surface area contributed by atoms with Crippen LogP contribution < -0.4 is 16.0 Å². The second-order valence-electron chi connectivity index (χ2n) is 4.27. The fourth-order valence-electron chi connectivity index (χ4n) is 1.89. The van der Waals surface area contributed by atoms with E-state index in [-0.39, 0.29) is 5.56 Å². The molecule has 21 heavy (non-hydrogen) atoms. The lowest BCUT2D eigenvalue weighted by Crippen LogP contribution is -2.06. The van der Waals surface area contributed by atoms with Gasteiger partial charge in [0.2, 0.25) is 0 Å². The molecular weight excluding hydrogens is 288 g/mol. The maximum atomic E-state index is 11.3. The summed E-state index contributed by atoms with van der Waals surface area (Å²) in [6, 6.07) is 7.12. The Labute approximate surface area is 124 Å². The van der Waals surface area contributed by atoms with Gasteiger partial charge in [0.25, 0.3) is 5.56 Å². The van der Waals surface area contributed by atoms with Gasteiger partial charge in [0.05, 0.1) is 11.1 Å². The summed E-state index contributed by atoms with van der Waals surface area (Å²) in [5.41, 5.74) is 7.04. The number of nitrogen functional groups attached to an aromatic ring is 1. The molecule has 106 valence electrons. The Morgan fingerprint density at radius 1 is 1.24 bits per heavy atom. The molecule has 0 atom stereocenters. The molecule has 0 radical (unpaired) electrons. The Morgan fingerprint density at radius 2 is 2.10 bits per heavy atom. The minimum absolute atomic E-state index is 0.301. The average molecular weight is 300 g/mol. The van der Waals surface area contributed by atoms with Crippen molar-refractivity contribution in [2.24, 2.45) is 0 Å². The first-order valence-electron chi connectivity index (χ1n) is 6.13. The van der Waals surface area contributed by atoms with Crippen LogP contribution in [0.1, 0.15) is 0 Å². The van der Waals surface area contributed by atoms with E-state index in [1.165, 1.54) is 18.0 Å². The Kier molecular flexibility index (Phi) is 3.49. The van der Waals surface area contributed by atoms with Crippen molar-refractivity contribution in [3.8, 4) is 11.5 Å². The second kappa shape index (κ2) is 5.45. The lowest BCUT2D eigenvalue weighted by molar-refractivity contribution is 0.475. The smallest absolute Gasteiger partial charge is 0.268 e. The third-order valence-corrected chi connectivity index (χ3v) is 3.61. The zero-order valence-electron chi connectivity index (χ0n) is 11.2.